The molecular weight excluding hydrogens is 1380 g/mol. The van der Waals surface area contributed by atoms with Crippen LogP contribution in [0.1, 0.15) is 102 Å². The minimum absolute atomic E-state index is 0.0756. The van der Waals surface area contributed by atoms with E-state index in [0.29, 0.717) is 11.0 Å². The highest BCUT2D eigenvalue weighted by Gasteiger charge is 2.38. The predicted molar refractivity (Wildman–Crippen MR) is 407 cm³/mol. The number of nitrogens with two attached hydrogens (primary N) is 1. The lowest BCUT2D eigenvalue weighted by molar-refractivity contribution is -0.146. The molecule has 0 atom stereocenters. The first-order chi connectivity index (χ1) is 50.9. The Balaban J connectivity index is 0.000000142. The van der Waals surface area contributed by atoms with Gasteiger partial charge in [0.2, 0.25) is 5.88 Å². The number of amides is 1. The van der Waals surface area contributed by atoms with Gasteiger partial charge in [-0.1, -0.05) is 47.6 Å². The number of benzene rings is 6. The Labute approximate surface area is 611 Å². The molecule has 0 aliphatic heterocycles. The van der Waals surface area contributed by atoms with Crippen LogP contribution in [0.15, 0.2) is 171 Å². The Bertz CT molecular complexity index is 6190. The highest BCUT2D eigenvalue weighted by molar-refractivity contribution is 7.69. The van der Waals surface area contributed by atoms with Crippen LogP contribution in [0, 0.1) is 51.4 Å². The lowest BCUT2D eigenvalue weighted by atomic mass is 9.82. The molecule has 1 amide bonds. The lowest BCUT2D eigenvalue weighted by Gasteiger charge is -2.27. The van der Waals surface area contributed by atoms with Crippen LogP contribution in [0.25, 0.3) is 116 Å². The van der Waals surface area contributed by atoms with Crippen molar-refractivity contribution >= 4 is 89.9 Å². The topological polar surface area (TPSA) is 322 Å². The Hall–Kier alpha value is -12.9. The van der Waals surface area contributed by atoms with Crippen LogP contribution in [0.2, 0.25) is 0 Å². The number of aliphatic carboxylic acids is 1. The number of hydrogen-bond donors (Lipinski definition) is 5. The monoisotopic (exact) mass is 1450 g/mol. The SMILES string of the molecule is CC(C)(CC#N)c1c(-c2ccc(P(C)(C)=O)nc2)c2cc3[nH]ncc3cc2n1-c1ccc(F)cc1.CC(C)(CC#N)c1c(-c2cnn(C(C)(C)C(=O)O)c2)c2cc3[nH]ncc3cc2n1-c1ccc(F)cc1.COc1nc(C(N)=O)ccc1-c1c(C(C)(C)CC#N)n(-c2ccc(F)cc2)c2cc3cn[nH]c3cc12. The van der Waals surface area contributed by atoms with Gasteiger partial charge in [-0.25, -0.2) is 22.9 Å². The average molecular weight is 1450 g/mol. The molecule has 0 fully saturated rings. The van der Waals surface area contributed by atoms with Crippen molar-refractivity contribution < 1.29 is 37.2 Å². The zero-order valence-corrected chi connectivity index (χ0v) is 61.2. The largest absolute Gasteiger partial charge is 0.481 e. The van der Waals surface area contributed by atoms with Crippen molar-refractivity contribution in [3.8, 4) is 74.5 Å². The zero-order chi connectivity index (χ0) is 76.4. The average Bonchev–Trinajstić information content (AvgIpc) is 1.58. The third-order valence-electron chi connectivity index (χ3n) is 19.5. The summed E-state index contributed by atoms with van der Waals surface area (Å²) in [4.78, 5) is 32.6. The first kappa shape index (κ1) is 72.4. The summed E-state index contributed by atoms with van der Waals surface area (Å²) < 4.78 is 67.4. The molecule has 0 aliphatic rings. The molecule has 0 saturated heterocycles. The van der Waals surface area contributed by atoms with Gasteiger partial charge >= 0.3 is 5.97 Å². The summed E-state index contributed by atoms with van der Waals surface area (Å²) in [5.41, 5.74) is 17.8. The fraction of sp³-hybridized carbons (Fsp3) is 0.222. The molecular formula is C81H73F3N17O5P. The number of pyridine rings is 2. The first-order valence-electron chi connectivity index (χ1n) is 34.0. The van der Waals surface area contributed by atoms with Crippen LogP contribution in [0.5, 0.6) is 5.88 Å². The summed E-state index contributed by atoms with van der Waals surface area (Å²) in [6.07, 6.45) is 11.1. The number of fused-ring (bicyclic) bond motifs is 6. The Kier molecular flexibility index (Phi) is 18.7. The van der Waals surface area contributed by atoms with Gasteiger partial charge in [-0.05, 0) is 155 Å². The molecule has 0 bridgehead atoms. The number of aromatic nitrogens is 13. The van der Waals surface area contributed by atoms with Gasteiger partial charge in [-0.3, -0.25) is 29.8 Å². The number of halogens is 3. The van der Waals surface area contributed by atoms with Gasteiger partial charge in [0.15, 0.2) is 5.54 Å². The number of H-pyrrole nitrogens is 3. The quantitative estimate of drug-likeness (QED) is 0.0529. The van der Waals surface area contributed by atoms with Crippen molar-refractivity contribution in [2.75, 3.05) is 20.4 Å². The number of primary amides is 1. The fourth-order valence-electron chi connectivity index (χ4n) is 14.0. The molecule has 0 aliphatic carbocycles. The van der Waals surface area contributed by atoms with Crippen LogP contribution < -0.4 is 15.9 Å². The van der Waals surface area contributed by atoms with E-state index in [1.54, 1.807) is 113 Å². The zero-order valence-electron chi connectivity index (χ0n) is 60.3. The summed E-state index contributed by atoms with van der Waals surface area (Å²) in [7, 11) is -1.04. The molecule has 0 spiro atoms. The molecule has 9 aromatic heterocycles. The van der Waals surface area contributed by atoms with E-state index in [-0.39, 0.29) is 48.3 Å². The van der Waals surface area contributed by atoms with E-state index in [0.717, 1.165) is 127 Å². The number of rotatable bonds is 17. The number of carboxylic acids is 1. The van der Waals surface area contributed by atoms with E-state index >= 15 is 0 Å². The van der Waals surface area contributed by atoms with Gasteiger partial charge < -0.3 is 33.8 Å². The molecule has 26 heteroatoms. The number of nitriles is 3. The number of nitrogens with zero attached hydrogens (tertiary/aromatic N) is 13. The second-order valence-electron chi connectivity index (χ2n) is 29.2. The lowest BCUT2D eigenvalue weighted by Crippen LogP contribution is -2.35. The van der Waals surface area contributed by atoms with E-state index in [2.05, 4.69) is 80.6 Å². The van der Waals surface area contributed by atoms with Crippen LogP contribution in [0.3, 0.4) is 0 Å². The number of hydrogen-bond acceptors (Lipinski definition) is 13. The van der Waals surface area contributed by atoms with Crippen molar-refractivity contribution in [2.24, 2.45) is 5.73 Å². The van der Waals surface area contributed by atoms with E-state index < -0.39 is 40.8 Å². The van der Waals surface area contributed by atoms with Gasteiger partial charge in [-0.15, -0.1) is 0 Å². The van der Waals surface area contributed by atoms with E-state index in [1.807, 2.05) is 87.1 Å². The molecule has 9 heterocycles. The van der Waals surface area contributed by atoms with Gasteiger partial charge in [0.05, 0.1) is 88.6 Å². The second-order valence-corrected chi connectivity index (χ2v) is 32.3. The minimum Gasteiger partial charge on any atom is -0.481 e. The Morgan fingerprint density at radius 2 is 0.935 bits per heavy atom. The first-order valence-corrected chi connectivity index (χ1v) is 36.6. The van der Waals surface area contributed by atoms with Crippen LogP contribution in [-0.2, 0) is 31.1 Å². The van der Waals surface area contributed by atoms with Crippen molar-refractivity contribution in [3.05, 3.63) is 211 Å². The second kappa shape index (κ2) is 27.6. The standard InChI is InChI=1S/C27H25FN6O2.C27H23FN6O2.C27H25FN5OP/c1-26(2,9-10-29)24-23(17-14-31-33(15-17)27(3,4)25(35)36)20-12-21-16(13-30-32-21)11-22(20)34(24)19-7-5-18(28)6-8-19;1-27(2,10-11-29)24-23(18-8-9-20(25(30)35)32-26(18)36-3)19-13-21-15(14-31-33-21)12-22(19)34(24)17-6-4-16(28)5-7-17;1-27(2,11-12-29)26-25(17-5-10-24(30-15-17)35(3,4)34)21-14-22-18(16-31-32-22)13-23(21)33(26)20-8-6-19(28)7-9-20/h5-8,11-15H,9H2,1-4H3,(H,30,32)(H,35,36);4-9,12-14H,10H2,1-3H3,(H2,30,35)(H,31,33);5-10,13-16H,11H2,1-4H3,(H,31,32). The number of methoxy groups -OCH3 is 1. The van der Waals surface area contributed by atoms with Crippen molar-refractivity contribution in [3.63, 3.8) is 0 Å². The number of carbonyl (C=O) groups is 2. The number of ether oxygens (including phenoxy) is 1. The normalized spacial score (nSPS) is 12.1. The molecule has 6 aromatic carbocycles. The maximum atomic E-state index is 13.9. The molecule has 538 valence electrons. The molecule has 0 radical (unpaired) electrons. The smallest absolute Gasteiger partial charge is 0.331 e. The predicted octanol–water partition coefficient (Wildman–Crippen LogP) is 16.7. The van der Waals surface area contributed by atoms with E-state index in [1.165, 1.54) is 48.2 Å². The van der Waals surface area contributed by atoms with E-state index in [9.17, 15) is 48.2 Å². The van der Waals surface area contributed by atoms with Gasteiger partial charge in [0, 0.05) is 148 Å². The van der Waals surface area contributed by atoms with Crippen molar-refractivity contribution in [1.29, 1.82) is 15.8 Å². The molecule has 22 nitrogen and oxygen atoms in total. The summed E-state index contributed by atoms with van der Waals surface area (Å²) in [5.74, 6) is -2.46. The summed E-state index contributed by atoms with van der Waals surface area (Å²) in [6, 6.07) is 44.9. The molecule has 6 N–H and O–H groups in total. The molecule has 15 rings (SSSR count). The summed E-state index contributed by atoms with van der Waals surface area (Å²) in [5, 5.41) is 70.2. The van der Waals surface area contributed by atoms with Gasteiger partial charge in [0.1, 0.15) is 30.3 Å². The van der Waals surface area contributed by atoms with Gasteiger partial charge in [-0.2, -0.15) is 36.2 Å². The third kappa shape index (κ3) is 13.3. The number of aromatic amines is 3. The highest BCUT2D eigenvalue weighted by Crippen LogP contribution is 2.50. The maximum Gasteiger partial charge on any atom is 0.331 e. The maximum absolute atomic E-state index is 13.9. The van der Waals surface area contributed by atoms with Crippen LogP contribution in [0.4, 0.5) is 13.2 Å². The molecule has 0 unspecified atom stereocenters. The van der Waals surface area contributed by atoms with Crippen LogP contribution in [-0.4, -0.2) is 101 Å². The fourth-order valence-corrected chi connectivity index (χ4v) is 14.8. The molecule has 15 aromatic rings. The molecule has 0 saturated carbocycles. The Morgan fingerprint density at radius 3 is 1.29 bits per heavy atom. The Morgan fingerprint density at radius 1 is 0.542 bits per heavy atom. The van der Waals surface area contributed by atoms with Gasteiger partial charge in [0.25, 0.3) is 5.91 Å². The number of nitrogens with one attached hydrogen (secondary N) is 3. The molecule has 107 heavy (non-hydrogen) atoms. The number of carboxylic acid groups (broad SMARTS) is 1. The summed E-state index contributed by atoms with van der Waals surface area (Å²) >= 11 is 0. The third-order valence-corrected chi connectivity index (χ3v) is 20.8. The highest BCUT2D eigenvalue weighted by atomic mass is 31.2. The van der Waals surface area contributed by atoms with Crippen molar-refractivity contribution in [1.82, 2.24) is 64.0 Å². The minimum atomic E-state index is -2.51. The van der Waals surface area contributed by atoms with Crippen molar-refractivity contribution in [2.45, 2.75) is 96.4 Å². The van der Waals surface area contributed by atoms with Crippen LogP contribution >= 0.6 is 7.14 Å². The summed E-state index contributed by atoms with van der Waals surface area (Å²) in [6.45, 7) is 18.6. The van der Waals surface area contributed by atoms with E-state index in [4.69, 9.17) is 10.5 Å². The number of carbonyl (C=O) groups excluding carboxylic acids is 1.